The van der Waals surface area contributed by atoms with Crippen LogP contribution in [0.15, 0.2) is 97.1 Å². The molecule has 0 saturated heterocycles. The van der Waals surface area contributed by atoms with Crippen molar-refractivity contribution in [3.05, 3.63) is 130 Å². The standard InChI is InChI=1S/C37H32N2O7/c1-3-45-25-17-13-23(14-18-25)21-31(38-34(41)27-9-5-6-10-28(27)35(38)42)33(40)32(22-24-15-19-26(20-16-24)46-4-2)39-36(43)29-11-7-8-12-30(29)37(39)44/h5-20,31-32H,3-4,21-22H2,1-2H3/t31-,32-/m0/s1. The van der Waals surface area contributed by atoms with Crippen molar-refractivity contribution >= 4 is 29.4 Å². The number of nitrogens with zero attached hydrogens (tertiary/aromatic N) is 2. The van der Waals surface area contributed by atoms with Crippen molar-refractivity contribution in [3.63, 3.8) is 0 Å². The monoisotopic (exact) mass is 616 g/mol. The Morgan fingerprint density at radius 2 is 0.826 bits per heavy atom. The van der Waals surface area contributed by atoms with Gasteiger partial charge in [-0.1, -0.05) is 48.5 Å². The molecule has 0 aromatic heterocycles. The van der Waals surface area contributed by atoms with E-state index in [1.54, 1.807) is 97.1 Å². The molecule has 46 heavy (non-hydrogen) atoms. The summed E-state index contributed by atoms with van der Waals surface area (Å²) in [5.74, 6) is -1.76. The zero-order valence-corrected chi connectivity index (χ0v) is 25.5. The number of rotatable bonds is 12. The zero-order chi connectivity index (χ0) is 32.4. The lowest BCUT2D eigenvalue weighted by Crippen LogP contribution is -2.56. The molecular formula is C37H32N2O7. The maximum atomic E-state index is 14.9. The van der Waals surface area contributed by atoms with Crippen molar-refractivity contribution in [1.82, 2.24) is 9.80 Å². The van der Waals surface area contributed by atoms with Crippen molar-refractivity contribution in [2.24, 2.45) is 0 Å². The van der Waals surface area contributed by atoms with Gasteiger partial charge in [0.25, 0.3) is 23.6 Å². The summed E-state index contributed by atoms with van der Waals surface area (Å²) in [5.41, 5.74) is 2.12. The van der Waals surface area contributed by atoms with E-state index in [-0.39, 0.29) is 35.1 Å². The molecular weight excluding hydrogens is 584 g/mol. The third kappa shape index (κ3) is 5.56. The number of fused-ring (bicyclic) bond motifs is 2. The van der Waals surface area contributed by atoms with Gasteiger partial charge in [0.2, 0.25) is 0 Å². The highest BCUT2D eigenvalue weighted by atomic mass is 16.5. The molecule has 0 bridgehead atoms. The van der Waals surface area contributed by atoms with E-state index in [1.165, 1.54) is 0 Å². The third-order valence-corrected chi connectivity index (χ3v) is 8.26. The van der Waals surface area contributed by atoms with Crippen LogP contribution in [-0.2, 0) is 17.6 Å². The summed E-state index contributed by atoms with van der Waals surface area (Å²) in [6.07, 6.45) is -0.0562. The number of benzene rings is 4. The van der Waals surface area contributed by atoms with Gasteiger partial charge in [0.15, 0.2) is 5.78 Å². The fraction of sp³-hybridized carbons (Fsp3) is 0.216. The van der Waals surface area contributed by atoms with Crippen LogP contribution in [0, 0.1) is 0 Å². The second-order valence-corrected chi connectivity index (χ2v) is 11.0. The molecule has 4 aromatic rings. The molecule has 232 valence electrons. The second kappa shape index (κ2) is 12.8. The Kier molecular flexibility index (Phi) is 8.48. The Balaban J connectivity index is 1.43. The van der Waals surface area contributed by atoms with E-state index in [0.717, 1.165) is 9.80 Å². The Morgan fingerprint density at radius 1 is 0.522 bits per heavy atom. The number of carbonyl (C=O) groups excluding carboxylic acids is 5. The highest BCUT2D eigenvalue weighted by Gasteiger charge is 2.49. The van der Waals surface area contributed by atoms with Crippen LogP contribution in [0.2, 0.25) is 0 Å². The van der Waals surface area contributed by atoms with Crippen LogP contribution >= 0.6 is 0 Å². The van der Waals surface area contributed by atoms with Crippen LogP contribution in [0.1, 0.15) is 66.4 Å². The van der Waals surface area contributed by atoms with Gasteiger partial charge in [0.05, 0.1) is 35.5 Å². The molecule has 0 fully saturated rings. The Labute approximate surface area is 266 Å². The van der Waals surface area contributed by atoms with Gasteiger partial charge < -0.3 is 9.47 Å². The van der Waals surface area contributed by atoms with E-state index in [4.69, 9.17) is 9.47 Å². The van der Waals surface area contributed by atoms with E-state index < -0.39 is 41.5 Å². The van der Waals surface area contributed by atoms with Gasteiger partial charge in [0.1, 0.15) is 23.6 Å². The number of amides is 4. The SMILES string of the molecule is CCOc1ccc(C[C@@H](C(=O)[C@H](Cc2ccc(OCC)cc2)N2C(=O)c3ccccc3C2=O)N2C(=O)c3ccccc3C2=O)cc1. The number of imide groups is 2. The topological polar surface area (TPSA) is 110 Å². The molecule has 2 aliphatic rings. The smallest absolute Gasteiger partial charge is 0.262 e. The highest BCUT2D eigenvalue weighted by molar-refractivity contribution is 6.25. The van der Waals surface area contributed by atoms with E-state index in [0.29, 0.717) is 35.8 Å². The van der Waals surface area contributed by atoms with Crippen LogP contribution in [0.4, 0.5) is 0 Å². The van der Waals surface area contributed by atoms with Crippen molar-refractivity contribution in [2.45, 2.75) is 38.8 Å². The first-order valence-electron chi connectivity index (χ1n) is 15.2. The molecule has 0 aliphatic carbocycles. The summed E-state index contributed by atoms with van der Waals surface area (Å²) < 4.78 is 11.1. The van der Waals surface area contributed by atoms with E-state index in [9.17, 15) is 24.0 Å². The number of carbonyl (C=O) groups is 5. The van der Waals surface area contributed by atoms with Gasteiger partial charge in [-0.3, -0.25) is 33.8 Å². The van der Waals surface area contributed by atoms with E-state index in [2.05, 4.69) is 0 Å². The number of Topliss-reactive ketones (excluding diaryl/α,β-unsaturated/α-hetero) is 1. The first-order chi connectivity index (χ1) is 22.3. The molecule has 6 rings (SSSR count). The molecule has 4 aromatic carbocycles. The Bertz CT molecular complexity index is 1630. The van der Waals surface area contributed by atoms with Gasteiger partial charge in [0, 0.05) is 12.8 Å². The predicted octanol–water partition coefficient (Wildman–Crippen LogP) is 5.17. The summed E-state index contributed by atoms with van der Waals surface area (Å²) in [7, 11) is 0. The van der Waals surface area contributed by atoms with Crippen LogP contribution in [0.25, 0.3) is 0 Å². The lowest BCUT2D eigenvalue weighted by Gasteiger charge is -2.32. The average Bonchev–Trinajstić information content (AvgIpc) is 3.48. The van der Waals surface area contributed by atoms with Crippen molar-refractivity contribution in [1.29, 1.82) is 0 Å². The van der Waals surface area contributed by atoms with Crippen LogP contribution < -0.4 is 9.47 Å². The number of ketones is 1. The average molecular weight is 617 g/mol. The van der Waals surface area contributed by atoms with E-state index in [1.807, 2.05) is 13.8 Å². The minimum atomic E-state index is -1.32. The van der Waals surface area contributed by atoms with Gasteiger partial charge in [-0.15, -0.1) is 0 Å². The summed E-state index contributed by atoms with van der Waals surface area (Å²) in [6.45, 7) is 4.69. The molecule has 0 saturated carbocycles. The van der Waals surface area contributed by atoms with Crippen molar-refractivity contribution in [3.8, 4) is 11.5 Å². The quantitative estimate of drug-likeness (QED) is 0.202. The fourth-order valence-corrected chi connectivity index (χ4v) is 6.07. The summed E-state index contributed by atoms with van der Waals surface area (Å²) in [5, 5.41) is 0. The second-order valence-electron chi connectivity index (χ2n) is 11.0. The molecule has 9 nitrogen and oxygen atoms in total. The van der Waals surface area contributed by atoms with Crippen molar-refractivity contribution in [2.75, 3.05) is 13.2 Å². The fourth-order valence-electron chi connectivity index (χ4n) is 6.07. The summed E-state index contributed by atoms with van der Waals surface area (Å²) in [6, 6.07) is 24.3. The Morgan fingerprint density at radius 3 is 1.11 bits per heavy atom. The molecule has 2 atom stereocenters. The highest BCUT2D eigenvalue weighted by Crippen LogP contribution is 2.31. The number of ether oxygens (including phenoxy) is 2. The molecule has 0 unspecified atom stereocenters. The molecule has 0 radical (unpaired) electrons. The molecule has 4 amide bonds. The lowest BCUT2D eigenvalue weighted by molar-refractivity contribution is -0.126. The molecule has 2 heterocycles. The van der Waals surface area contributed by atoms with Crippen LogP contribution in [-0.4, -0.2) is 64.5 Å². The summed E-state index contributed by atoms with van der Waals surface area (Å²) >= 11 is 0. The van der Waals surface area contributed by atoms with E-state index >= 15 is 0 Å². The van der Waals surface area contributed by atoms with Crippen molar-refractivity contribution < 1.29 is 33.4 Å². The van der Waals surface area contributed by atoms with Crippen LogP contribution in [0.3, 0.4) is 0 Å². The zero-order valence-electron chi connectivity index (χ0n) is 25.5. The van der Waals surface area contributed by atoms with Crippen LogP contribution in [0.5, 0.6) is 11.5 Å². The molecule has 0 N–H and O–H groups in total. The van der Waals surface area contributed by atoms with Gasteiger partial charge >= 0.3 is 0 Å². The predicted molar refractivity (Wildman–Crippen MR) is 169 cm³/mol. The number of hydrogen-bond acceptors (Lipinski definition) is 7. The minimum Gasteiger partial charge on any atom is -0.494 e. The normalized spacial score (nSPS) is 15.1. The Hall–Kier alpha value is -5.57. The minimum absolute atomic E-state index is 0.0281. The summed E-state index contributed by atoms with van der Waals surface area (Å²) in [4.78, 5) is 71.9. The lowest BCUT2D eigenvalue weighted by atomic mass is 9.91. The third-order valence-electron chi connectivity index (χ3n) is 8.26. The molecule has 2 aliphatic heterocycles. The van der Waals surface area contributed by atoms with Gasteiger partial charge in [-0.2, -0.15) is 0 Å². The largest absolute Gasteiger partial charge is 0.494 e. The maximum absolute atomic E-state index is 14.9. The van der Waals surface area contributed by atoms with Gasteiger partial charge in [-0.05, 0) is 73.5 Å². The molecule has 0 spiro atoms. The number of hydrogen-bond donors (Lipinski definition) is 0. The first-order valence-corrected chi connectivity index (χ1v) is 15.2. The first kappa shape index (κ1) is 30.5. The molecule has 9 heteroatoms. The van der Waals surface area contributed by atoms with Gasteiger partial charge in [-0.25, -0.2) is 0 Å². The maximum Gasteiger partial charge on any atom is 0.262 e.